The molecular formula is C17H27NO2. The SMILES string of the molecule is Cc1ccc(OCC(O)CNC2C(C)(C)C2(C)C)cc1. The number of aliphatic hydroxyl groups is 1. The van der Waals surface area contributed by atoms with Crippen molar-refractivity contribution >= 4 is 0 Å². The van der Waals surface area contributed by atoms with Crippen LogP contribution < -0.4 is 10.1 Å². The highest BCUT2D eigenvalue weighted by atomic mass is 16.5. The van der Waals surface area contributed by atoms with Gasteiger partial charge in [0.15, 0.2) is 0 Å². The molecule has 0 spiro atoms. The molecule has 0 heterocycles. The van der Waals surface area contributed by atoms with Crippen LogP contribution in [0.25, 0.3) is 0 Å². The molecule has 0 radical (unpaired) electrons. The summed E-state index contributed by atoms with van der Waals surface area (Å²) in [5.74, 6) is 0.807. The Bertz CT molecular complexity index is 437. The van der Waals surface area contributed by atoms with E-state index in [0.717, 1.165) is 5.75 Å². The molecule has 0 bridgehead atoms. The van der Waals surface area contributed by atoms with Crippen molar-refractivity contribution in [3.05, 3.63) is 29.8 Å². The first-order valence-electron chi connectivity index (χ1n) is 7.36. The number of ether oxygens (including phenoxy) is 1. The molecule has 112 valence electrons. The van der Waals surface area contributed by atoms with Gasteiger partial charge in [0.2, 0.25) is 0 Å². The van der Waals surface area contributed by atoms with Gasteiger partial charge in [0.1, 0.15) is 18.5 Å². The summed E-state index contributed by atoms with van der Waals surface area (Å²) < 4.78 is 5.59. The van der Waals surface area contributed by atoms with Crippen LogP contribution in [0.5, 0.6) is 5.75 Å². The molecule has 1 saturated carbocycles. The predicted octanol–water partition coefficient (Wildman–Crippen LogP) is 2.76. The highest BCUT2D eigenvalue weighted by Crippen LogP contribution is 2.62. The molecule has 1 aliphatic rings. The Hall–Kier alpha value is -1.06. The minimum atomic E-state index is -0.483. The first kappa shape index (κ1) is 15.3. The fourth-order valence-corrected chi connectivity index (χ4v) is 2.85. The summed E-state index contributed by atoms with van der Waals surface area (Å²) in [5.41, 5.74) is 1.80. The largest absolute Gasteiger partial charge is 0.491 e. The molecular weight excluding hydrogens is 250 g/mol. The zero-order valence-electron chi connectivity index (χ0n) is 13.2. The maximum atomic E-state index is 9.99. The Kier molecular flexibility index (Phi) is 4.12. The van der Waals surface area contributed by atoms with Crippen molar-refractivity contribution in [1.29, 1.82) is 0 Å². The molecule has 0 aliphatic heterocycles. The van der Waals surface area contributed by atoms with Crippen molar-refractivity contribution in [3.63, 3.8) is 0 Å². The number of aryl methyl sites for hydroxylation is 1. The second kappa shape index (κ2) is 5.38. The highest BCUT2D eigenvalue weighted by Gasteiger charge is 2.64. The molecule has 2 N–H and O–H groups in total. The van der Waals surface area contributed by atoms with E-state index in [0.29, 0.717) is 30.0 Å². The Morgan fingerprint density at radius 1 is 1.15 bits per heavy atom. The predicted molar refractivity (Wildman–Crippen MR) is 82.0 cm³/mol. The maximum Gasteiger partial charge on any atom is 0.119 e. The number of nitrogens with one attached hydrogen (secondary N) is 1. The second-order valence-electron chi connectivity index (χ2n) is 7.06. The molecule has 1 aromatic rings. The Morgan fingerprint density at radius 2 is 1.70 bits per heavy atom. The molecule has 0 amide bonds. The number of rotatable bonds is 6. The molecule has 1 aliphatic carbocycles. The van der Waals surface area contributed by atoms with Crippen molar-refractivity contribution in [1.82, 2.24) is 5.32 Å². The van der Waals surface area contributed by atoms with Gasteiger partial charge in [-0.25, -0.2) is 0 Å². The van der Waals surface area contributed by atoms with Gasteiger partial charge in [-0.05, 0) is 29.9 Å². The van der Waals surface area contributed by atoms with E-state index in [1.54, 1.807) is 0 Å². The quantitative estimate of drug-likeness (QED) is 0.840. The summed E-state index contributed by atoms with van der Waals surface area (Å²) in [4.78, 5) is 0. The van der Waals surface area contributed by atoms with Crippen LogP contribution in [0.3, 0.4) is 0 Å². The number of aliphatic hydroxyl groups excluding tert-OH is 1. The van der Waals surface area contributed by atoms with E-state index in [4.69, 9.17) is 4.74 Å². The lowest BCUT2D eigenvalue weighted by molar-refractivity contribution is 0.105. The van der Waals surface area contributed by atoms with Crippen molar-refractivity contribution in [2.45, 2.75) is 46.8 Å². The van der Waals surface area contributed by atoms with Crippen molar-refractivity contribution < 1.29 is 9.84 Å². The van der Waals surface area contributed by atoms with Crippen molar-refractivity contribution in [2.75, 3.05) is 13.2 Å². The first-order valence-corrected chi connectivity index (χ1v) is 7.36. The van der Waals surface area contributed by atoms with Crippen LogP contribution in [-0.4, -0.2) is 30.4 Å². The summed E-state index contributed by atoms with van der Waals surface area (Å²) >= 11 is 0. The zero-order valence-corrected chi connectivity index (χ0v) is 13.2. The van der Waals surface area contributed by atoms with E-state index in [9.17, 15) is 5.11 Å². The van der Waals surface area contributed by atoms with Crippen LogP contribution >= 0.6 is 0 Å². The van der Waals surface area contributed by atoms with Gasteiger partial charge in [0, 0.05) is 12.6 Å². The van der Waals surface area contributed by atoms with Crippen LogP contribution in [-0.2, 0) is 0 Å². The molecule has 0 saturated heterocycles. The molecule has 20 heavy (non-hydrogen) atoms. The second-order valence-corrected chi connectivity index (χ2v) is 7.06. The Morgan fingerprint density at radius 3 is 2.20 bits per heavy atom. The molecule has 3 heteroatoms. The highest BCUT2D eigenvalue weighted by molar-refractivity contribution is 5.26. The van der Waals surface area contributed by atoms with E-state index < -0.39 is 6.10 Å². The van der Waals surface area contributed by atoms with Gasteiger partial charge in [-0.3, -0.25) is 0 Å². The normalized spacial score (nSPS) is 21.5. The van der Waals surface area contributed by atoms with Crippen LogP contribution in [0.1, 0.15) is 33.3 Å². The van der Waals surface area contributed by atoms with Gasteiger partial charge < -0.3 is 15.2 Å². The minimum Gasteiger partial charge on any atom is -0.491 e. The van der Waals surface area contributed by atoms with Crippen molar-refractivity contribution in [3.8, 4) is 5.75 Å². The maximum absolute atomic E-state index is 9.99. The van der Waals surface area contributed by atoms with Crippen LogP contribution in [0.2, 0.25) is 0 Å². The van der Waals surface area contributed by atoms with Crippen LogP contribution in [0.4, 0.5) is 0 Å². The van der Waals surface area contributed by atoms with E-state index in [1.807, 2.05) is 31.2 Å². The fraction of sp³-hybridized carbons (Fsp3) is 0.647. The smallest absolute Gasteiger partial charge is 0.119 e. The average molecular weight is 277 g/mol. The monoisotopic (exact) mass is 277 g/mol. The Balaban J connectivity index is 1.71. The topological polar surface area (TPSA) is 41.5 Å². The summed E-state index contributed by atoms with van der Waals surface area (Å²) in [6.45, 7) is 12.0. The van der Waals surface area contributed by atoms with Crippen molar-refractivity contribution in [2.24, 2.45) is 10.8 Å². The van der Waals surface area contributed by atoms with Gasteiger partial charge in [-0.2, -0.15) is 0 Å². The molecule has 1 atom stereocenters. The molecule has 1 fully saturated rings. The molecule has 1 unspecified atom stereocenters. The number of hydrogen-bond donors (Lipinski definition) is 2. The standard InChI is InChI=1S/C17H27NO2/c1-12-6-8-14(9-7-12)20-11-13(19)10-18-15-16(2,3)17(15,4)5/h6-9,13,15,18-19H,10-11H2,1-5H3. The van der Waals surface area contributed by atoms with E-state index in [-0.39, 0.29) is 0 Å². The summed E-state index contributed by atoms with van der Waals surface area (Å²) in [7, 11) is 0. The van der Waals surface area contributed by atoms with Gasteiger partial charge >= 0.3 is 0 Å². The van der Waals surface area contributed by atoms with Gasteiger partial charge in [-0.15, -0.1) is 0 Å². The molecule has 0 aromatic heterocycles. The van der Waals surface area contributed by atoms with Crippen LogP contribution in [0, 0.1) is 17.8 Å². The minimum absolute atomic E-state index is 0.296. The van der Waals surface area contributed by atoms with E-state index >= 15 is 0 Å². The molecule has 1 aromatic carbocycles. The zero-order chi connectivity index (χ0) is 15.0. The lowest BCUT2D eigenvalue weighted by Gasteiger charge is -2.14. The lowest BCUT2D eigenvalue weighted by Crippen LogP contribution is -2.34. The summed E-state index contributed by atoms with van der Waals surface area (Å²) in [6.07, 6.45) is -0.483. The molecule has 3 nitrogen and oxygen atoms in total. The first-order chi connectivity index (χ1) is 9.25. The van der Waals surface area contributed by atoms with Gasteiger partial charge in [-0.1, -0.05) is 45.4 Å². The Labute approximate surface area is 122 Å². The third-order valence-electron chi connectivity index (χ3n) is 5.04. The summed E-state index contributed by atoms with van der Waals surface area (Å²) in [6, 6.07) is 8.35. The van der Waals surface area contributed by atoms with Gasteiger partial charge in [0.05, 0.1) is 0 Å². The van der Waals surface area contributed by atoms with E-state index in [1.165, 1.54) is 5.56 Å². The number of hydrogen-bond acceptors (Lipinski definition) is 3. The van der Waals surface area contributed by atoms with E-state index in [2.05, 4.69) is 33.0 Å². The van der Waals surface area contributed by atoms with Gasteiger partial charge in [0.25, 0.3) is 0 Å². The van der Waals surface area contributed by atoms with Crippen LogP contribution in [0.15, 0.2) is 24.3 Å². The molecule has 2 rings (SSSR count). The third kappa shape index (κ3) is 2.99. The third-order valence-corrected chi connectivity index (χ3v) is 5.04. The average Bonchev–Trinajstić information content (AvgIpc) is 2.76. The lowest BCUT2D eigenvalue weighted by atomic mass is 10.0. The summed E-state index contributed by atoms with van der Waals surface area (Å²) in [5, 5.41) is 13.4. The fourth-order valence-electron chi connectivity index (χ4n) is 2.85. The number of benzene rings is 1.